The van der Waals surface area contributed by atoms with Crippen LogP contribution in [0.25, 0.3) is 0 Å². The van der Waals surface area contributed by atoms with Gasteiger partial charge in [-0.3, -0.25) is 0 Å². The molecule has 0 aliphatic rings. The van der Waals surface area contributed by atoms with E-state index in [0.29, 0.717) is 11.1 Å². The molecule has 0 spiro atoms. The van der Waals surface area contributed by atoms with Gasteiger partial charge in [-0.25, -0.2) is 4.79 Å². The number of esters is 1. The molecule has 0 bridgehead atoms. The summed E-state index contributed by atoms with van der Waals surface area (Å²) >= 11 is 3.28. The van der Waals surface area contributed by atoms with Crippen molar-refractivity contribution >= 4 is 21.9 Å². The third-order valence-corrected chi connectivity index (χ3v) is 3.26. The van der Waals surface area contributed by atoms with Crippen LogP contribution < -0.4 is 0 Å². The lowest BCUT2D eigenvalue weighted by Crippen LogP contribution is -2.15. The van der Waals surface area contributed by atoms with Gasteiger partial charge in [0, 0.05) is 15.6 Å². The van der Waals surface area contributed by atoms with Crippen LogP contribution in [-0.4, -0.2) is 23.3 Å². The van der Waals surface area contributed by atoms with Crippen LogP contribution in [0.1, 0.15) is 22.8 Å². The molecule has 0 amide bonds. The van der Waals surface area contributed by atoms with E-state index in [9.17, 15) is 15.0 Å². The van der Waals surface area contributed by atoms with Gasteiger partial charge in [0.15, 0.2) is 6.10 Å². The molecule has 88 valence electrons. The molecular formula is C11H13BrO4. The highest BCUT2D eigenvalue weighted by molar-refractivity contribution is 9.10. The van der Waals surface area contributed by atoms with E-state index in [0.717, 1.165) is 4.47 Å². The molecule has 0 aromatic heterocycles. The van der Waals surface area contributed by atoms with Crippen molar-refractivity contribution in [2.75, 3.05) is 7.11 Å². The predicted octanol–water partition coefficient (Wildman–Crippen LogP) is 1.98. The van der Waals surface area contributed by atoms with E-state index in [1.165, 1.54) is 7.11 Å². The minimum Gasteiger partial charge on any atom is -0.507 e. The van der Waals surface area contributed by atoms with Crippen molar-refractivity contribution in [3.63, 3.8) is 0 Å². The van der Waals surface area contributed by atoms with E-state index < -0.39 is 12.1 Å². The van der Waals surface area contributed by atoms with Gasteiger partial charge >= 0.3 is 5.97 Å². The Balaban J connectivity index is 3.34. The molecule has 4 nitrogen and oxygen atoms in total. The fourth-order valence-corrected chi connectivity index (χ4v) is 1.98. The maximum atomic E-state index is 11.2. The molecule has 0 heterocycles. The fraction of sp³-hybridized carbons (Fsp3) is 0.364. The normalized spacial score (nSPS) is 12.3. The molecule has 0 saturated heterocycles. The number of methoxy groups -OCH3 is 1. The van der Waals surface area contributed by atoms with E-state index in [1.54, 1.807) is 19.9 Å². The number of benzene rings is 1. The Morgan fingerprint density at radius 3 is 2.56 bits per heavy atom. The molecule has 1 rings (SSSR count). The van der Waals surface area contributed by atoms with Crippen molar-refractivity contribution in [3.8, 4) is 5.75 Å². The fourth-order valence-electron chi connectivity index (χ4n) is 1.45. The minimum absolute atomic E-state index is 0.0928. The van der Waals surface area contributed by atoms with Crippen LogP contribution in [0.15, 0.2) is 10.5 Å². The van der Waals surface area contributed by atoms with Gasteiger partial charge in [0.25, 0.3) is 0 Å². The van der Waals surface area contributed by atoms with Crippen LogP contribution in [0.3, 0.4) is 0 Å². The zero-order valence-electron chi connectivity index (χ0n) is 9.24. The van der Waals surface area contributed by atoms with Gasteiger partial charge in [0.2, 0.25) is 0 Å². The van der Waals surface area contributed by atoms with E-state index >= 15 is 0 Å². The van der Waals surface area contributed by atoms with Gasteiger partial charge in [-0.2, -0.15) is 0 Å². The molecule has 0 aliphatic carbocycles. The minimum atomic E-state index is -1.46. The summed E-state index contributed by atoms with van der Waals surface area (Å²) in [5.74, 6) is -0.884. The first-order chi connectivity index (χ1) is 7.40. The van der Waals surface area contributed by atoms with Gasteiger partial charge in [-0.1, -0.05) is 15.9 Å². The quantitative estimate of drug-likeness (QED) is 0.817. The molecule has 0 saturated carbocycles. The van der Waals surface area contributed by atoms with Crippen molar-refractivity contribution in [1.82, 2.24) is 0 Å². The van der Waals surface area contributed by atoms with Crippen LogP contribution in [0.5, 0.6) is 5.75 Å². The molecule has 1 unspecified atom stereocenters. The summed E-state index contributed by atoms with van der Waals surface area (Å²) < 4.78 is 5.16. The first-order valence-corrected chi connectivity index (χ1v) is 5.43. The van der Waals surface area contributed by atoms with Crippen LogP contribution in [0, 0.1) is 13.8 Å². The Kier molecular flexibility index (Phi) is 3.93. The number of phenolic OH excluding ortho intramolecular Hbond substituents is 1. The Morgan fingerprint density at radius 1 is 1.50 bits per heavy atom. The van der Waals surface area contributed by atoms with Gasteiger partial charge in [0.1, 0.15) is 5.75 Å². The Morgan fingerprint density at radius 2 is 2.06 bits per heavy atom. The van der Waals surface area contributed by atoms with Crippen molar-refractivity contribution in [3.05, 3.63) is 27.2 Å². The number of hydrogen-bond donors (Lipinski definition) is 2. The van der Waals surface area contributed by atoms with Crippen molar-refractivity contribution in [2.24, 2.45) is 0 Å². The molecule has 0 fully saturated rings. The molecule has 0 radical (unpaired) electrons. The maximum Gasteiger partial charge on any atom is 0.339 e. The second-order valence-electron chi connectivity index (χ2n) is 3.49. The first-order valence-electron chi connectivity index (χ1n) is 4.64. The molecule has 5 heteroatoms. The number of carbonyl (C=O) groups excluding carboxylic acids is 1. The van der Waals surface area contributed by atoms with Crippen molar-refractivity contribution in [1.29, 1.82) is 0 Å². The average molecular weight is 289 g/mol. The number of aliphatic hydroxyl groups excluding tert-OH is 1. The topological polar surface area (TPSA) is 66.8 Å². The van der Waals surface area contributed by atoms with Crippen molar-refractivity contribution in [2.45, 2.75) is 20.0 Å². The van der Waals surface area contributed by atoms with E-state index in [1.807, 2.05) is 0 Å². The molecule has 0 aliphatic heterocycles. The largest absolute Gasteiger partial charge is 0.507 e. The van der Waals surface area contributed by atoms with Gasteiger partial charge in [0.05, 0.1) is 7.11 Å². The van der Waals surface area contributed by atoms with E-state index in [-0.39, 0.29) is 11.3 Å². The summed E-state index contributed by atoms with van der Waals surface area (Å²) in [4.78, 5) is 11.2. The smallest absolute Gasteiger partial charge is 0.339 e. The standard InChI is InChI=1S/C11H13BrO4/c1-5-4-7(12)6(2)9(13)8(5)10(14)11(15)16-3/h4,10,13-14H,1-3H3. The number of halogens is 1. The highest BCUT2D eigenvalue weighted by atomic mass is 79.9. The Bertz CT molecular complexity index is 428. The van der Waals surface area contributed by atoms with Gasteiger partial charge < -0.3 is 14.9 Å². The third-order valence-electron chi connectivity index (χ3n) is 2.43. The summed E-state index contributed by atoms with van der Waals surface area (Å²) in [7, 11) is 1.18. The lowest BCUT2D eigenvalue weighted by Gasteiger charge is -2.16. The number of ether oxygens (including phenoxy) is 1. The average Bonchev–Trinajstić information content (AvgIpc) is 2.24. The summed E-state index contributed by atoms with van der Waals surface area (Å²) in [6, 6.07) is 1.73. The van der Waals surface area contributed by atoms with E-state index in [2.05, 4.69) is 20.7 Å². The maximum absolute atomic E-state index is 11.2. The Labute approximate surface area is 102 Å². The van der Waals surface area contributed by atoms with Crippen LogP contribution in [0.2, 0.25) is 0 Å². The molecule has 2 N–H and O–H groups in total. The summed E-state index contributed by atoms with van der Waals surface area (Å²) in [6.45, 7) is 3.39. The molecular weight excluding hydrogens is 276 g/mol. The monoisotopic (exact) mass is 288 g/mol. The second kappa shape index (κ2) is 4.84. The first kappa shape index (κ1) is 13.0. The van der Waals surface area contributed by atoms with Crippen LogP contribution in [0.4, 0.5) is 0 Å². The summed E-state index contributed by atoms with van der Waals surface area (Å²) in [5, 5.41) is 19.6. The van der Waals surface area contributed by atoms with Gasteiger partial charge in [-0.15, -0.1) is 0 Å². The van der Waals surface area contributed by atoms with E-state index in [4.69, 9.17) is 0 Å². The number of phenols is 1. The van der Waals surface area contributed by atoms with Crippen molar-refractivity contribution < 1.29 is 19.7 Å². The zero-order chi connectivity index (χ0) is 12.5. The number of aryl methyl sites for hydroxylation is 1. The summed E-state index contributed by atoms with van der Waals surface area (Å²) in [6.07, 6.45) is -1.46. The van der Waals surface area contributed by atoms with Gasteiger partial charge in [-0.05, 0) is 25.5 Å². The molecule has 1 atom stereocenters. The lowest BCUT2D eigenvalue weighted by atomic mass is 9.99. The Hall–Kier alpha value is -1.07. The number of hydrogen-bond acceptors (Lipinski definition) is 4. The number of aliphatic hydroxyl groups is 1. The lowest BCUT2D eigenvalue weighted by molar-refractivity contribution is -0.150. The highest BCUT2D eigenvalue weighted by Gasteiger charge is 2.25. The highest BCUT2D eigenvalue weighted by Crippen LogP contribution is 2.35. The van der Waals surface area contributed by atoms with Crippen LogP contribution in [-0.2, 0) is 9.53 Å². The van der Waals surface area contributed by atoms with Crippen LogP contribution >= 0.6 is 15.9 Å². The molecule has 1 aromatic carbocycles. The molecule has 16 heavy (non-hydrogen) atoms. The molecule has 1 aromatic rings. The zero-order valence-corrected chi connectivity index (χ0v) is 10.8. The summed E-state index contributed by atoms with van der Waals surface area (Å²) in [5.41, 5.74) is 1.38. The third kappa shape index (κ3) is 2.20. The number of rotatable bonds is 2. The predicted molar refractivity (Wildman–Crippen MR) is 62.3 cm³/mol. The SMILES string of the molecule is COC(=O)C(O)c1c(C)cc(Br)c(C)c1O. The number of carbonyl (C=O) groups is 1. The second-order valence-corrected chi connectivity index (χ2v) is 4.34. The number of aromatic hydroxyl groups is 1.